The van der Waals surface area contributed by atoms with Crippen LogP contribution in [0.1, 0.15) is 23.2 Å². The van der Waals surface area contributed by atoms with Gasteiger partial charge in [0, 0.05) is 38.2 Å². The van der Waals surface area contributed by atoms with Gasteiger partial charge >= 0.3 is 5.69 Å². The summed E-state index contributed by atoms with van der Waals surface area (Å²) in [4.78, 5) is 40.5. The number of Topliss-reactive ketones (excluding diaryl/α,β-unsaturated/α-hetero) is 1. The lowest BCUT2D eigenvalue weighted by Crippen LogP contribution is -2.31. The molecule has 0 unspecified atom stereocenters. The number of amides is 1. The second-order valence-electron chi connectivity index (χ2n) is 6.24. The number of nitrogens with zero attached hydrogens (tertiary/aromatic N) is 4. The van der Waals surface area contributed by atoms with Crippen molar-refractivity contribution in [2.24, 2.45) is 7.05 Å². The SMILES string of the molecule is Cn1c(-c2ccccn2)nn(CCNC(=O)CCC(=O)c2ccccc2)c1=O. The van der Waals surface area contributed by atoms with E-state index in [-0.39, 0.29) is 43.3 Å². The lowest BCUT2D eigenvalue weighted by molar-refractivity contribution is -0.121. The number of benzene rings is 1. The van der Waals surface area contributed by atoms with Crippen LogP contribution >= 0.6 is 0 Å². The summed E-state index contributed by atoms with van der Waals surface area (Å²) in [6.45, 7) is 0.481. The fourth-order valence-corrected chi connectivity index (χ4v) is 2.74. The van der Waals surface area contributed by atoms with Crippen molar-refractivity contribution in [3.05, 3.63) is 70.8 Å². The molecule has 1 N–H and O–H groups in total. The van der Waals surface area contributed by atoms with Crippen LogP contribution in [0.3, 0.4) is 0 Å². The van der Waals surface area contributed by atoms with Gasteiger partial charge in [0.25, 0.3) is 0 Å². The summed E-state index contributed by atoms with van der Waals surface area (Å²) in [6.07, 6.45) is 1.88. The first-order valence-electron chi connectivity index (χ1n) is 8.96. The van der Waals surface area contributed by atoms with E-state index in [1.807, 2.05) is 12.1 Å². The summed E-state index contributed by atoms with van der Waals surface area (Å²) in [5.74, 6) is 0.153. The Hall–Kier alpha value is -3.55. The number of rotatable bonds is 8. The number of pyridine rings is 1. The molecular formula is C20H21N5O3. The smallest absolute Gasteiger partial charge is 0.346 e. The highest BCUT2D eigenvalue weighted by Crippen LogP contribution is 2.10. The van der Waals surface area contributed by atoms with E-state index in [2.05, 4.69) is 15.4 Å². The molecule has 0 saturated heterocycles. The van der Waals surface area contributed by atoms with Crippen molar-refractivity contribution >= 4 is 11.7 Å². The zero-order chi connectivity index (χ0) is 19.9. The average Bonchev–Trinajstić information content (AvgIpc) is 3.02. The minimum absolute atomic E-state index is 0.0725. The monoisotopic (exact) mass is 379 g/mol. The Morgan fingerprint density at radius 1 is 1.04 bits per heavy atom. The van der Waals surface area contributed by atoms with Crippen LogP contribution in [0.5, 0.6) is 0 Å². The molecule has 0 saturated carbocycles. The summed E-state index contributed by atoms with van der Waals surface area (Å²) < 4.78 is 2.71. The van der Waals surface area contributed by atoms with Gasteiger partial charge in [-0.2, -0.15) is 0 Å². The van der Waals surface area contributed by atoms with E-state index in [0.29, 0.717) is 17.1 Å². The quantitative estimate of drug-likeness (QED) is 0.597. The third-order valence-electron chi connectivity index (χ3n) is 4.26. The van der Waals surface area contributed by atoms with E-state index in [9.17, 15) is 14.4 Å². The number of carbonyl (C=O) groups excluding carboxylic acids is 2. The second kappa shape index (κ2) is 8.90. The van der Waals surface area contributed by atoms with Gasteiger partial charge < -0.3 is 5.32 Å². The highest BCUT2D eigenvalue weighted by molar-refractivity contribution is 5.97. The van der Waals surface area contributed by atoms with E-state index in [1.165, 1.54) is 9.25 Å². The van der Waals surface area contributed by atoms with Gasteiger partial charge in [0.15, 0.2) is 11.6 Å². The van der Waals surface area contributed by atoms with Crippen LogP contribution in [-0.4, -0.2) is 37.6 Å². The van der Waals surface area contributed by atoms with Gasteiger partial charge in [-0.05, 0) is 12.1 Å². The second-order valence-corrected chi connectivity index (χ2v) is 6.24. The maximum Gasteiger partial charge on any atom is 0.346 e. The zero-order valence-electron chi connectivity index (χ0n) is 15.5. The molecule has 0 fully saturated rings. The molecule has 8 heteroatoms. The van der Waals surface area contributed by atoms with Crippen molar-refractivity contribution < 1.29 is 9.59 Å². The van der Waals surface area contributed by atoms with Gasteiger partial charge in [-0.25, -0.2) is 9.48 Å². The van der Waals surface area contributed by atoms with Gasteiger partial charge in [-0.15, -0.1) is 5.10 Å². The molecule has 0 radical (unpaired) electrons. The number of ketones is 1. The van der Waals surface area contributed by atoms with Crippen LogP contribution in [0.4, 0.5) is 0 Å². The predicted octanol–water partition coefficient (Wildman–Crippen LogP) is 1.42. The Morgan fingerprint density at radius 3 is 2.50 bits per heavy atom. The molecule has 0 spiro atoms. The molecule has 3 aromatic rings. The zero-order valence-corrected chi connectivity index (χ0v) is 15.5. The van der Waals surface area contributed by atoms with E-state index in [1.54, 1.807) is 49.6 Å². The summed E-state index contributed by atoms with van der Waals surface area (Å²) in [6, 6.07) is 14.3. The number of nitrogens with one attached hydrogen (secondary N) is 1. The Balaban J connectivity index is 1.50. The molecular weight excluding hydrogens is 358 g/mol. The van der Waals surface area contributed by atoms with Gasteiger partial charge in [0.2, 0.25) is 5.91 Å². The predicted molar refractivity (Wildman–Crippen MR) is 104 cm³/mol. The summed E-state index contributed by atoms with van der Waals surface area (Å²) in [5, 5.41) is 7.01. The largest absolute Gasteiger partial charge is 0.354 e. The Labute approximate surface area is 161 Å². The topological polar surface area (TPSA) is 98.9 Å². The van der Waals surface area contributed by atoms with E-state index >= 15 is 0 Å². The van der Waals surface area contributed by atoms with Crippen molar-refractivity contribution in [2.45, 2.75) is 19.4 Å². The van der Waals surface area contributed by atoms with Crippen molar-refractivity contribution in [2.75, 3.05) is 6.54 Å². The van der Waals surface area contributed by atoms with Crippen LogP contribution in [0.2, 0.25) is 0 Å². The minimum atomic E-state index is -0.283. The average molecular weight is 379 g/mol. The first-order valence-corrected chi connectivity index (χ1v) is 8.96. The Bertz CT molecular complexity index is 1010. The molecule has 0 aliphatic heterocycles. The lowest BCUT2D eigenvalue weighted by atomic mass is 10.1. The third-order valence-corrected chi connectivity index (χ3v) is 4.26. The summed E-state index contributed by atoms with van der Waals surface area (Å²) in [5.41, 5.74) is 0.913. The van der Waals surface area contributed by atoms with Gasteiger partial charge in [-0.1, -0.05) is 36.4 Å². The molecule has 3 rings (SSSR count). The van der Waals surface area contributed by atoms with Gasteiger partial charge in [0.1, 0.15) is 5.69 Å². The summed E-state index contributed by atoms with van der Waals surface area (Å²) in [7, 11) is 1.63. The number of hydrogen-bond acceptors (Lipinski definition) is 5. The van der Waals surface area contributed by atoms with Crippen molar-refractivity contribution in [3.8, 4) is 11.5 Å². The Morgan fingerprint density at radius 2 is 1.79 bits per heavy atom. The Kier molecular flexibility index (Phi) is 6.11. The molecule has 144 valence electrons. The standard InChI is InChI=1S/C20H21N5O3/c1-24-19(16-9-5-6-12-21-16)23-25(20(24)28)14-13-22-18(27)11-10-17(26)15-7-3-2-4-8-15/h2-9,12H,10-11,13-14H2,1H3,(H,22,27). The van der Waals surface area contributed by atoms with E-state index < -0.39 is 0 Å². The van der Waals surface area contributed by atoms with Crippen molar-refractivity contribution in [3.63, 3.8) is 0 Å². The van der Waals surface area contributed by atoms with Crippen LogP contribution < -0.4 is 11.0 Å². The molecule has 28 heavy (non-hydrogen) atoms. The number of aromatic nitrogens is 4. The first kappa shape index (κ1) is 19.2. The van der Waals surface area contributed by atoms with Gasteiger partial charge in [-0.3, -0.25) is 19.1 Å². The highest BCUT2D eigenvalue weighted by Gasteiger charge is 2.13. The number of hydrogen-bond donors (Lipinski definition) is 1. The fourth-order valence-electron chi connectivity index (χ4n) is 2.74. The minimum Gasteiger partial charge on any atom is -0.354 e. The van der Waals surface area contributed by atoms with Crippen LogP contribution in [0.25, 0.3) is 11.5 Å². The van der Waals surface area contributed by atoms with Crippen LogP contribution in [0, 0.1) is 0 Å². The van der Waals surface area contributed by atoms with E-state index in [4.69, 9.17) is 0 Å². The molecule has 8 nitrogen and oxygen atoms in total. The molecule has 0 aliphatic carbocycles. The highest BCUT2D eigenvalue weighted by atomic mass is 16.2. The van der Waals surface area contributed by atoms with Crippen molar-refractivity contribution in [1.29, 1.82) is 0 Å². The molecule has 2 heterocycles. The molecule has 1 amide bonds. The lowest BCUT2D eigenvalue weighted by Gasteiger charge is -2.05. The first-order chi connectivity index (χ1) is 13.6. The molecule has 0 aliphatic rings. The van der Waals surface area contributed by atoms with Crippen molar-refractivity contribution in [1.82, 2.24) is 24.6 Å². The fraction of sp³-hybridized carbons (Fsp3) is 0.250. The maximum atomic E-state index is 12.3. The maximum absolute atomic E-state index is 12.3. The molecule has 0 atom stereocenters. The summed E-state index contributed by atoms with van der Waals surface area (Å²) >= 11 is 0. The van der Waals surface area contributed by atoms with Crippen LogP contribution in [0.15, 0.2) is 59.5 Å². The molecule has 1 aromatic carbocycles. The molecule has 0 bridgehead atoms. The molecule has 2 aromatic heterocycles. The van der Waals surface area contributed by atoms with Gasteiger partial charge in [0.05, 0.1) is 6.54 Å². The normalized spacial score (nSPS) is 10.6. The third kappa shape index (κ3) is 4.59. The number of carbonyl (C=O) groups is 2. The van der Waals surface area contributed by atoms with E-state index in [0.717, 1.165) is 0 Å². The van der Waals surface area contributed by atoms with Crippen LogP contribution in [-0.2, 0) is 18.4 Å².